The van der Waals surface area contributed by atoms with Crippen molar-refractivity contribution in [3.63, 3.8) is 0 Å². The molecule has 0 fully saturated rings. The fourth-order valence-corrected chi connectivity index (χ4v) is 0.966. The van der Waals surface area contributed by atoms with Gasteiger partial charge in [0.05, 0.1) is 0 Å². The van der Waals surface area contributed by atoms with E-state index in [2.05, 4.69) is 11.1 Å². The largest absolute Gasteiger partial charge is 0.334 e. The first kappa shape index (κ1) is 7.93. The molecule has 0 rings (SSSR count). The highest BCUT2D eigenvalue weighted by Gasteiger charge is 1.90. The van der Waals surface area contributed by atoms with E-state index in [4.69, 9.17) is 0 Å². The van der Waals surface area contributed by atoms with Crippen LogP contribution in [0.25, 0.3) is 0 Å². The Morgan fingerprint density at radius 2 is 2.50 bits per heavy atom. The smallest absolute Gasteiger partial charge is 0.191 e. The van der Waals surface area contributed by atoms with Gasteiger partial charge in [-0.3, -0.25) is 4.57 Å². The summed E-state index contributed by atoms with van der Waals surface area (Å²) in [5.41, 5.74) is 0. The van der Waals surface area contributed by atoms with Crippen molar-refractivity contribution in [3.8, 4) is 0 Å². The van der Waals surface area contributed by atoms with Gasteiger partial charge in [0.25, 0.3) is 0 Å². The zero-order valence-electron chi connectivity index (χ0n) is 5.02. The summed E-state index contributed by atoms with van der Waals surface area (Å²) in [7, 11) is -0.250. The van der Waals surface area contributed by atoms with Gasteiger partial charge in [0.1, 0.15) is 0 Å². The van der Waals surface area contributed by atoms with Crippen LogP contribution >= 0.6 is 8.03 Å². The molecule has 1 unspecified atom stereocenters. The lowest BCUT2D eigenvalue weighted by Gasteiger charge is -1.92. The number of allylic oxidation sites excluding steroid dienone is 1. The molecule has 0 spiro atoms. The minimum atomic E-state index is -1.71. The summed E-state index contributed by atoms with van der Waals surface area (Å²) in [5, 5.41) is 0. The van der Waals surface area contributed by atoms with E-state index in [1.165, 1.54) is 7.11 Å². The predicted molar refractivity (Wildman–Crippen MR) is 35.7 cm³/mol. The molecule has 0 radical (unpaired) electrons. The summed E-state index contributed by atoms with van der Waals surface area (Å²) < 4.78 is 15.0. The molecule has 0 N–H and O–H groups in total. The first-order chi connectivity index (χ1) is 3.81. The summed E-state index contributed by atoms with van der Waals surface area (Å²) in [6.07, 6.45) is 3.15. The van der Waals surface area contributed by atoms with Crippen molar-refractivity contribution >= 4 is 8.03 Å². The van der Waals surface area contributed by atoms with E-state index in [0.717, 1.165) is 6.42 Å². The molecule has 0 saturated carbocycles. The third-order valence-electron chi connectivity index (χ3n) is 0.780. The van der Waals surface area contributed by atoms with Crippen molar-refractivity contribution in [2.75, 3.05) is 13.3 Å². The minimum absolute atomic E-state index is 0.630. The molecule has 0 saturated heterocycles. The Kier molecular flexibility index (Phi) is 5.03. The van der Waals surface area contributed by atoms with Gasteiger partial charge in [-0.25, -0.2) is 0 Å². The van der Waals surface area contributed by atoms with Crippen molar-refractivity contribution < 1.29 is 9.09 Å². The second kappa shape index (κ2) is 5.07. The highest BCUT2D eigenvalue weighted by atomic mass is 31.1. The molecule has 0 aliphatic heterocycles. The molecular formula is C5H11O2P. The van der Waals surface area contributed by atoms with Gasteiger partial charge in [0.2, 0.25) is 0 Å². The van der Waals surface area contributed by atoms with Crippen molar-refractivity contribution in [3.05, 3.63) is 12.7 Å². The van der Waals surface area contributed by atoms with E-state index in [1.54, 1.807) is 6.08 Å². The quantitative estimate of drug-likeness (QED) is 0.432. The average molecular weight is 134 g/mol. The van der Waals surface area contributed by atoms with Crippen LogP contribution < -0.4 is 0 Å². The zero-order valence-corrected chi connectivity index (χ0v) is 6.02. The monoisotopic (exact) mass is 134 g/mol. The third-order valence-corrected chi connectivity index (χ3v) is 1.93. The number of hydrogen-bond donors (Lipinski definition) is 0. The molecule has 48 valence electrons. The molecule has 1 atom stereocenters. The van der Waals surface area contributed by atoms with Gasteiger partial charge in [0.15, 0.2) is 8.03 Å². The summed E-state index contributed by atoms with van der Waals surface area (Å²) in [6, 6.07) is 0. The highest BCUT2D eigenvalue weighted by molar-refractivity contribution is 7.39. The first-order valence-corrected chi connectivity index (χ1v) is 4.01. The van der Waals surface area contributed by atoms with E-state index in [1.807, 2.05) is 0 Å². The fraction of sp³-hybridized carbons (Fsp3) is 0.600. The molecule has 0 aliphatic rings. The topological polar surface area (TPSA) is 26.3 Å². The third kappa shape index (κ3) is 4.10. The zero-order chi connectivity index (χ0) is 6.41. The minimum Gasteiger partial charge on any atom is -0.334 e. The molecule has 8 heavy (non-hydrogen) atoms. The summed E-state index contributed by atoms with van der Waals surface area (Å²) in [6.45, 7) is 3.49. The average Bonchev–Trinajstić information content (AvgIpc) is 1.83. The van der Waals surface area contributed by atoms with Gasteiger partial charge in [-0.05, 0) is 6.42 Å². The van der Waals surface area contributed by atoms with Gasteiger partial charge in [-0.2, -0.15) is 0 Å². The van der Waals surface area contributed by atoms with Crippen molar-refractivity contribution in [2.24, 2.45) is 0 Å². The van der Waals surface area contributed by atoms with Gasteiger partial charge >= 0.3 is 0 Å². The van der Waals surface area contributed by atoms with Crippen LogP contribution in [0.15, 0.2) is 12.7 Å². The normalized spacial score (nSPS) is 13.1. The Bertz CT molecular complexity index is 90.4. The molecule has 0 amide bonds. The second-order valence-electron chi connectivity index (χ2n) is 1.40. The van der Waals surface area contributed by atoms with Crippen LogP contribution in [-0.2, 0) is 9.09 Å². The van der Waals surface area contributed by atoms with Crippen LogP contribution in [0, 0.1) is 0 Å². The lowest BCUT2D eigenvalue weighted by atomic mass is 10.5. The van der Waals surface area contributed by atoms with E-state index < -0.39 is 8.03 Å². The fourth-order valence-electron chi connectivity index (χ4n) is 0.322. The Balaban J connectivity index is 3.11. The number of rotatable bonds is 4. The van der Waals surface area contributed by atoms with Crippen LogP contribution in [-0.4, -0.2) is 13.3 Å². The van der Waals surface area contributed by atoms with Gasteiger partial charge in [0, 0.05) is 13.3 Å². The Morgan fingerprint density at radius 1 is 1.88 bits per heavy atom. The van der Waals surface area contributed by atoms with Crippen LogP contribution in [0.1, 0.15) is 6.42 Å². The van der Waals surface area contributed by atoms with Crippen molar-refractivity contribution in [1.82, 2.24) is 0 Å². The van der Waals surface area contributed by atoms with E-state index in [9.17, 15) is 4.57 Å². The van der Waals surface area contributed by atoms with Crippen LogP contribution in [0.2, 0.25) is 0 Å². The molecular weight excluding hydrogens is 123 g/mol. The molecule has 0 bridgehead atoms. The molecule has 0 heterocycles. The number of hydrogen-bond acceptors (Lipinski definition) is 2. The maximum atomic E-state index is 10.5. The molecule has 0 aromatic rings. The van der Waals surface area contributed by atoms with Crippen LogP contribution in [0.5, 0.6) is 0 Å². The summed E-state index contributed by atoms with van der Waals surface area (Å²) in [5.74, 6) is 0. The van der Waals surface area contributed by atoms with Crippen LogP contribution in [0.3, 0.4) is 0 Å². The molecule has 2 nitrogen and oxygen atoms in total. The van der Waals surface area contributed by atoms with E-state index in [0.29, 0.717) is 6.16 Å². The lowest BCUT2D eigenvalue weighted by molar-refractivity contribution is 0.415. The van der Waals surface area contributed by atoms with Crippen molar-refractivity contribution in [2.45, 2.75) is 6.42 Å². The molecule has 0 aliphatic carbocycles. The molecule has 0 aromatic carbocycles. The maximum absolute atomic E-state index is 10.5. The maximum Gasteiger partial charge on any atom is 0.191 e. The Morgan fingerprint density at radius 3 is 2.88 bits per heavy atom. The molecule has 0 aromatic heterocycles. The SMILES string of the molecule is C=CCC[PH](=O)OC. The van der Waals surface area contributed by atoms with Crippen LogP contribution in [0.4, 0.5) is 0 Å². The van der Waals surface area contributed by atoms with Gasteiger partial charge in [-0.1, -0.05) is 6.08 Å². The summed E-state index contributed by atoms with van der Waals surface area (Å²) in [4.78, 5) is 0. The standard InChI is InChI=1S/C5H11O2P/c1-3-4-5-8(6)7-2/h3,8H,1,4-5H2,2H3. The Hall–Kier alpha value is -0.0700. The van der Waals surface area contributed by atoms with E-state index in [-0.39, 0.29) is 0 Å². The summed E-state index contributed by atoms with van der Waals surface area (Å²) >= 11 is 0. The first-order valence-electron chi connectivity index (χ1n) is 2.49. The second-order valence-corrected chi connectivity index (χ2v) is 3.06. The predicted octanol–water partition coefficient (Wildman–Crippen LogP) is 1.68. The van der Waals surface area contributed by atoms with Gasteiger partial charge in [-0.15, -0.1) is 6.58 Å². The Labute approximate surface area is 50.4 Å². The van der Waals surface area contributed by atoms with Crippen molar-refractivity contribution in [1.29, 1.82) is 0 Å². The highest BCUT2D eigenvalue weighted by Crippen LogP contribution is 2.20. The van der Waals surface area contributed by atoms with Gasteiger partial charge < -0.3 is 4.52 Å². The molecule has 3 heteroatoms. The van der Waals surface area contributed by atoms with E-state index >= 15 is 0 Å². The lowest BCUT2D eigenvalue weighted by Crippen LogP contribution is -1.74.